The molecular weight excluding hydrogens is 436 g/mol. The second kappa shape index (κ2) is 8.12. The molecule has 0 spiro atoms. The van der Waals surface area contributed by atoms with Gasteiger partial charge in [-0.1, -0.05) is 12.1 Å². The number of benzene rings is 2. The molecule has 0 aliphatic carbocycles. The highest BCUT2D eigenvalue weighted by molar-refractivity contribution is 7.92. The molecule has 1 N–H and O–H groups in total. The van der Waals surface area contributed by atoms with Crippen LogP contribution in [0.2, 0.25) is 0 Å². The lowest BCUT2D eigenvalue weighted by Crippen LogP contribution is -2.39. The van der Waals surface area contributed by atoms with Gasteiger partial charge in [-0.15, -0.1) is 0 Å². The summed E-state index contributed by atoms with van der Waals surface area (Å²) in [7, 11) is -4.92. The summed E-state index contributed by atoms with van der Waals surface area (Å²) in [4.78, 5) is 1.59. The average Bonchev–Trinajstić information content (AvgIpc) is 2.68. The third-order valence-corrected chi connectivity index (χ3v) is 8.11. The van der Waals surface area contributed by atoms with Crippen molar-refractivity contribution in [3.05, 3.63) is 48.5 Å². The van der Waals surface area contributed by atoms with Gasteiger partial charge in [0.15, 0.2) is 0 Å². The Kier molecular flexibility index (Phi) is 6.08. The Bertz CT molecular complexity index is 1110. The first-order chi connectivity index (χ1) is 13.9. The molecule has 0 unspecified atom stereocenters. The van der Waals surface area contributed by atoms with Crippen LogP contribution in [-0.4, -0.2) is 54.2 Å². The van der Waals surface area contributed by atoms with Crippen LogP contribution in [0.4, 0.5) is 20.2 Å². The van der Waals surface area contributed by atoms with Gasteiger partial charge in [0.05, 0.1) is 21.2 Å². The van der Waals surface area contributed by atoms with Gasteiger partial charge in [0.25, 0.3) is 15.9 Å². The summed E-state index contributed by atoms with van der Waals surface area (Å²) in [6, 6.07) is 11.5. The SMILES string of the molecule is CN(C)S(=O)(=O)c1ccc(S(=O)(=O)Nc2ccccc2N2CCC(F)(F)CC2)cc1. The van der Waals surface area contributed by atoms with E-state index in [1.807, 2.05) is 0 Å². The Morgan fingerprint density at radius 2 is 1.43 bits per heavy atom. The fourth-order valence-corrected chi connectivity index (χ4v) is 5.09. The van der Waals surface area contributed by atoms with E-state index < -0.39 is 26.0 Å². The first-order valence-electron chi connectivity index (χ1n) is 9.20. The number of nitrogens with one attached hydrogen (secondary N) is 1. The van der Waals surface area contributed by atoms with Crippen LogP contribution >= 0.6 is 0 Å². The lowest BCUT2D eigenvalue weighted by molar-refractivity contribution is -0.0220. The van der Waals surface area contributed by atoms with Gasteiger partial charge in [-0.05, 0) is 36.4 Å². The van der Waals surface area contributed by atoms with Crippen molar-refractivity contribution >= 4 is 31.4 Å². The number of alkyl halides is 2. The fraction of sp³-hybridized carbons (Fsp3) is 0.368. The molecule has 0 amide bonds. The van der Waals surface area contributed by atoms with Crippen molar-refractivity contribution in [2.45, 2.75) is 28.6 Å². The number of rotatable bonds is 6. The lowest BCUT2D eigenvalue weighted by Gasteiger charge is -2.34. The van der Waals surface area contributed by atoms with Crippen molar-refractivity contribution in [1.29, 1.82) is 0 Å². The van der Waals surface area contributed by atoms with Gasteiger partial charge in [0, 0.05) is 40.0 Å². The van der Waals surface area contributed by atoms with Crippen LogP contribution in [0.25, 0.3) is 0 Å². The molecule has 0 saturated carbocycles. The summed E-state index contributed by atoms with van der Waals surface area (Å²) in [5.74, 6) is -2.71. The summed E-state index contributed by atoms with van der Waals surface area (Å²) in [5.41, 5.74) is 0.788. The van der Waals surface area contributed by atoms with Crippen LogP contribution in [0.5, 0.6) is 0 Å². The normalized spacial score (nSPS) is 17.2. The van der Waals surface area contributed by atoms with E-state index in [9.17, 15) is 25.6 Å². The summed E-state index contributed by atoms with van der Waals surface area (Å²) < 4.78 is 80.4. The zero-order valence-corrected chi connectivity index (χ0v) is 18.2. The van der Waals surface area contributed by atoms with Crippen molar-refractivity contribution < 1.29 is 25.6 Å². The van der Waals surface area contributed by atoms with Gasteiger partial charge in [-0.3, -0.25) is 4.72 Å². The number of piperidine rings is 1. The summed E-state index contributed by atoms with van der Waals surface area (Å²) >= 11 is 0. The van der Waals surface area contributed by atoms with Gasteiger partial charge in [-0.2, -0.15) is 0 Å². The minimum Gasteiger partial charge on any atom is -0.369 e. The molecule has 2 aromatic rings. The summed E-state index contributed by atoms with van der Waals surface area (Å²) in [6.45, 7) is 0.228. The van der Waals surface area contributed by atoms with Gasteiger partial charge in [0.1, 0.15) is 0 Å². The molecule has 0 bridgehead atoms. The molecule has 164 valence electrons. The third-order valence-electron chi connectivity index (χ3n) is 4.90. The first-order valence-corrected chi connectivity index (χ1v) is 12.1. The van der Waals surface area contributed by atoms with Gasteiger partial charge < -0.3 is 4.90 Å². The fourth-order valence-electron chi connectivity index (χ4n) is 3.12. The van der Waals surface area contributed by atoms with E-state index in [0.717, 1.165) is 4.31 Å². The Labute approximate surface area is 175 Å². The molecule has 30 heavy (non-hydrogen) atoms. The van der Waals surface area contributed by atoms with Crippen molar-refractivity contribution in [1.82, 2.24) is 4.31 Å². The molecular formula is C19H23F2N3O4S2. The number of para-hydroxylation sites is 2. The maximum absolute atomic E-state index is 13.5. The number of nitrogens with zero attached hydrogens (tertiary/aromatic N) is 2. The van der Waals surface area contributed by atoms with E-state index in [-0.39, 0.29) is 41.4 Å². The van der Waals surface area contributed by atoms with Crippen molar-refractivity contribution in [3.8, 4) is 0 Å². The molecule has 0 aromatic heterocycles. The first kappa shape index (κ1) is 22.4. The number of sulfonamides is 2. The molecule has 1 aliphatic heterocycles. The zero-order valence-electron chi connectivity index (χ0n) is 16.5. The van der Waals surface area contributed by atoms with Crippen molar-refractivity contribution in [2.75, 3.05) is 36.8 Å². The Balaban J connectivity index is 1.85. The minimum atomic E-state index is -4.01. The molecule has 1 fully saturated rings. The van der Waals surface area contributed by atoms with E-state index >= 15 is 0 Å². The third kappa shape index (κ3) is 4.73. The molecule has 11 heteroatoms. The molecule has 0 atom stereocenters. The number of anilines is 2. The second-order valence-electron chi connectivity index (χ2n) is 7.22. The van der Waals surface area contributed by atoms with Gasteiger partial charge in [-0.25, -0.2) is 29.9 Å². The molecule has 1 aliphatic rings. The van der Waals surface area contributed by atoms with Gasteiger partial charge >= 0.3 is 0 Å². The highest BCUT2D eigenvalue weighted by atomic mass is 32.2. The quantitative estimate of drug-likeness (QED) is 0.718. The molecule has 1 heterocycles. The predicted octanol–water partition coefficient (Wildman–Crippen LogP) is 2.97. The largest absolute Gasteiger partial charge is 0.369 e. The smallest absolute Gasteiger partial charge is 0.261 e. The molecule has 7 nitrogen and oxygen atoms in total. The van der Waals surface area contributed by atoms with E-state index in [1.54, 1.807) is 29.2 Å². The maximum Gasteiger partial charge on any atom is 0.261 e. The van der Waals surface area contributed by atoms with Crippen LogP contribution in [0.3, 0.4) is 0 Å². The van der Waals surface area contributed by atoms with E-state index in [4.69, 9.17) is 0 Å². The molecule has 0 radical (unpaired) electrons. The highest BCUT2D eigenvalue weighted by Crippen LogP contribution is 2.34. The number of halogens is 2. The van der Waals surface area contributed by atoms with E-state index in [0.29, 0.717) is 5.69 Å². The van der Waals surface area contributed by atoms with Crippen LogP contribution < -0.4 is 9.62 Å². The Hall–Kier alpha value is -2.24. The average molecular weight is 460 g/mol. The van der Waals surface area contributed by atoms with Crippen LogP contribution in [-0.2, 0) is 20.0 Å². The molecule has 3 rings (SSSR count). The number of hydrogen-bond donors (Lipinski definition) is 1. The topological polar surface area (TPSA) is 86.8 Å². The Morgan fingerprint density at radius 1 is 0.900 bits per heavy atom. The van der Waals surface area contributed by atoms with E-state index in [1.165, 1.54) is 38.4 Å². The minimum absolute atomic E-state index is 0.0268. The van der Waals surface area contributed by atoms with Crippen molar-refractivity contribution in [3.63, 3.8) is 0 Å². The van der Waals surface area contributed by atoms with Gasteiger partial charge in [0.2, 0.25) is 10.0 Å². The summed E-state index contributed by atoms with van der Waals surface area (Å²) in [6.07, 6.45) is -0.591. The van der Waals surface area contributed by atoms with Crippen LogP contribution in [0.15, 0.2) is 58.3 Å². The van der Waals surface area contributed by atoms with Crippen LogP contribution in [0.1, 0.15) is 12.8 Å². The molecule has 2 aromatic carbocycles. The standard InChI is InChI=1S/C19H23F2N3O4S2/c1-23(2)30(27,28)16-9-7-15(8-10-16)29(25,26)22-17-5-3-4-6-18(17)24-13-11-19(20,21)12-14-24/h3-10,22H,11-14H2,1-2H3. The second-order valence-corrected chi connectivity index (χ2v) is 11.1. The molecule has 1 saturated heterocycles. The monoisotopic (exact) mass is 459 g/mol. The number of hydrogen-bond acceptors (Lipinski definition) is 5. The Morgan fingerprint density at radius 3 is 2.00 bits per heavy atom. The maximum atomic E-state index is 13.5. The van der Waals surface area contributed by atoms with E-state index in [2.05, 4.69) is 4.72 Å². The highest BCUT2D eigenvalue weighted by Gasteiger charge is 2.34. The van der Waals surface area contributed by atoms with Crippen LogP contribution in [0, 0.1) is 0 Å². The predicted molar refractivity (Wildman–Crippen MR) is 111 cm³/mol. The zero-order chi connectivity index (χ0) is 22.2. The lowest BCUT2D eigenvalue weighted by atomic mass is 10.1. The van der Waals surface area contributed by atoms with Crippen molar-refractivity contribution in [2.24, 2.45) is 0 Å². The summed E-state index contributed by atoms with van der Waals surface area (Å²) in [5, 5.41) is 0.